The predicted molar refractivity (Wildman–Crippen MR) is 172 cm³/mol. The lowest BCUT2D eigenvalue weighted by atomic mass is 9.74. The van der Waals surface area contributed by atoms with E-state index in [1.54, 1.807) is 54.6 Å². The number of fused-ring (bicyclic) bond motifs is 8. The zero-order chi connectivity index (χ0) is 41.0. The molecule has 0 saturated carbocycles. The smallest absolute Gasteiger partial charge is 0.160 e. The highest BCUT2D eigenvalue weighted by molar-refractivity contribution is 7.25. The molecule has 5 aromatic carbocycles. The highest BCUT2D eigenvalue weighted by atomic mass is 32.1. The third-order valence-corrected chi connectivity index (χ3v) is 8.57. The Morgan fingerprint density at radius 3 is 2.49 bits per heavy atom. The molecule has 1 aliphatic rings. The molecule has 0 fully saturated rings. The Bertz CT molecular complexity index is 3100. The summed E-state index contributed by atoms with van der Waals surface area (Å²) in [5.41, 5.74) is -4.73. The SMILES string of the molecule is [2H]c1c([2H])c2c(c([2H])c1-c1nc(-c3ccccc3)c3ccccc3n1)C(C([2H])([2H])[2H])(C([2H])([2H])[2H])c1c([2H])c([2H])c([2H])c3c4c5c([2H])c([2H])c([2H])c([2H])c5sc4n-2c13. The van der Waals surface area contributed by atoms with Crippen molar-refractivity contribution in [2.45, 2.75) is 19.1 Å². The van der Waals surface area contributed by atoms with E-state index in [0.29, 0.717) is 22.2 Å². The van der Waals surface area contributed by atoms with Gasteiger partial charge in [-0.15, -0.1) is 11.3 Å². The van der Waals surface area contributed by atoms with Gasteiger partial charge in [0.2, 0.25) is 0 Å². The fourth-order valence-electron chi connectivity index (χ4n) is 5.67. The van der Waals surface area contributed by atoms with Crippen LogP contribution in [0.25, 0.3) is 70.4 Å². The van der Waals surface area contributed by atoms with E-state index in [0.717, 1.165) is 11.3 Å². The summed E-state index contributed by atoms with van der Waals surface area (Å²) in [5.74, 6) is -0.267. The van der Waals surface area contributed by atoms with Crippen molar-refractivity contribution in [1.29, 1.82) is 0 Å². The van der Waals surface area contributed by atoms with Crippen LogP contribution in [0.3, 0.4) is 0 Å². The molecule has 3 nitrogen and oxygen atoms in total. The van der Waals surface area contributed by atoms with Gasteiger partial charge >= 0.3 is 0 Å². The van der Waals surface area contributed by atoms with Crippen molar-refractivity contribution in [3.05, 3.63) is 126 Å². The maximum Gasteiger partial charge on any atom is 0.160 e. The molecule has 8 aromatic rings. The summed E-state index contributed by atoms with van der Waals surface area (Å²) >= 11 is 0.801. The van der Waals surface area contributed by atoms with Crippen molar-refractivity contribution in [3.63, 3.8) is 0 Å². The molecule has 0 saturated heterocycles. The van der Waals surface area contributed by atoms with E-state index in [9.17, 15) is 5.48 Å². The van der Waals surface area contributed by atoms with Crippen molar-refractivity contribution >= 4 is 53.4 Å². The lowest BCUT2D eigenvalue weighted by molar-refractivity contribution is 0.630. The van der Waals surface area contributed by atoms with Crippen molar-refractivity contribution in [1.82, 2.24) is 14.5 Å². The highest BCUT2D eigenvalue weighted by Gasteiger charge is 2.36. The second-order valence-electron chi connectivity index (χ2n) is 9.80. The van der Waals surface area contributed by atoms with E-state index in [1.165, 1.54) is 4.57 Å². The van der Waals surface area contributed by atoms with Crippen LogP contribution in [0.15, 0.2) is 115 Å². The molecule has 0 bridgehead atoms. The van der Waals surface area contributed by atoms with Gasteiger partial charge in [-0.3, -0.25) is 0 Å². The van der Waals surface area contributed by atoms with Gasteiger partial charge in [-0.2, -0.15) is 0 Å². The Morgan fingerprint density at radius 1 is 0.756 bits per heavy atom. The van der Waals surface area contributed by atoms with Crippen LogP contribution in [0.1, 0.15) is 46.8 Å². The van der Waals surface area contributed by atoms with Gasteiger partial charge < -0.3 is 4.57 Å². The molecule has 0 atom stereocenters. The maximum absolute atomic E-state index is 9.84. The molecule has 0 N–H and O–H groups in total. The molecule has 0 spiro atoms. The quantitative estimate of drug-likeness (QED) is 0.211. The Balaban J connectivity index is 1.56. The summed E-state index contributed by atoms with van der Waals surface area (Å²) in [6.45, 7) is -7.27. The molecule has 41 heavy (non-hydrogen) atoms. The van der Waals surface area contributed by atoms with E-state index >= 15 is 0 Å². The molecule has 0 amide bonds. The Labute approximate surface area is 263 Å². The summed E-state index contributed by atoms with van der Waals surface area (Å²) < 4.78 is 146. The van der Waals surface area contributed by atoms with Gasteiger partial charge in [0.05, 0.1) is 36.1 Å². The zero-order valence-electron chi connectivity index (χ0n) is 36.9. The first-order valence-corrected chi connectivity index (χ1v) is 13.5. The van der Waals surface area contributed by atoms with Gasteiger partial charge in [0, 0.05) is 51.0 Å². The first-order chi connectivity index (χ1) is 26.8. The fourth-order valence-corrected chi connectivity index (χ4v) is 6.80. The first kappa shape index (κ1) is 12.4. The predicted octanol–water partition coefficient (Wildman–Crippen LogP) is 9.91. The second-order valence-corrected chi connectivity index (χ2v) is 10.8. The molecular weight excluding hydrogens is 518 g/mol. The summed E-state index contributed by atoms with van der Waals surface area (Å²) in [4.78, 5) is 9.44. The molecule has 3 aromatic heterocycles. The van der Waals surface area contributed by atoms with E-state index in [-0.39, 0.29) is 37.0 Å². The molecule has 9 rings (SSSR count). The van der Waals surface area contributed by atoms with Crippen LogP contribution in [-0.4, -0.2) is 14.5 Å². The van der Waals surface area contributed by atoms with E-state index < -0.39 is 102 Å². The van der Waals surface area contributed by atoms with E-state index in [1.807, 2.05) is 0 Å². The topological polar surface area (TPSA) is 30.7 Å². The van der Waals surface area contributed by atoms with Gasteiger partial charge in [-0.25, -0.2) is 9.97 Å². The number of para-hydroxylation sites is 2. The van der Waals surface area contributed by atoms with Gasteiger partial charge in [0.25, 0.3) is 0 Å². The number of thiophene rings is 1. The standard InChI is InChI=1S/C37H25N3S/c1-37(2)27-16-10-15-26-32-25-14-7-9-18-31(25)41-36(32)40(34(26)27)30-20-19-23(21-28(30)37)35-38-29-17-8-6-13-24(29)33(39-35)22-11-4-3-5-12-22/h3-21H,1-2H3/i1D3,2D3,7D,9D,10D,14D,15D,16D,18D,19D,20D,21D. The number of hydrogen-bond acceptors (Lipinski definition) is 3. The fraction of sp³-hybridized carbons (Fsp3) is 0.0811. The molecule has 0 radical (unpaired) electrons. The van der Waals surface area contributed by atoms with Crippen LogP contribution < -0.4 is 0 Å². The molecule has 4 heteroatoms. The Kier molecular flexibility index (Phi) is 2.45. The van der Waals surface area contributed by atoms with Crippen LogP contribution in [0.4, 0.5) is 0 Å². The van der Waals surface area contributed by atoms with Crippen molar-refractivity contribution in [2.75, 3.05) is 0 Å². The number of hydrogen-bond donors (Lipinski definition) is 0. The lowest BCUT2D eigenvalue weighted by Crippen LogP contribution is -2.26. The molecule has 1 aliphatic heterocycles. The van der Waals surface area contributed by atoms with Crippen LogP contribution in [0.2, 0.25) is 0 Å². The summed E-state index contributed by atoms with van der Waals surface area (Å²) in [6.07, 6.45) is 0. The van der Waals surface area contributed by atoms with Crippen LogP contribution in [0, 0.1) is 0 Å². The molecular formula is C37H25N3S. The maximum atomic E-state index is 9.84. The average molecular weight is 560 g/mol. The number of nitrogens with zero attached hydrogens (tertiary/aromatic N) is 3. The number of benzene rings is 5. The first-order valence-electron chi connectivity index (χ1n) is 20.7. The minimum absolute atomic E-state index is 0.0195. The summed E-state index contributed by atoms with van der Waals surface area (Å²) in [7, 11) is 0. The Morgan fingerprint density at radius 2 is 1.59 bits per heavy atom. The van der Waals surface area contributed by atoms with Crippen molar-refractivity contribution in [3.8, 4) is 28.3 Å². The number of rotatable bonds is 2. The highest BCUT2D eigenvalue weighted by Crippen LogP contribution is 2.51. The summed E-state index contributed by atoms with van der Waals surface area (Å²) in [5, 5.41) is 0.220. The number of aromatic nitrogens is 3. The third-order valence-electron chi connectivity index (χ3n) is 7.48. The van der Waals surface area contributed by atoms with Crippen LogP contribution >= 0.6 is 11.3 Å². The zero-order valence-corrected chi connectivity index (χ0v) is 21.8. The van der Waals surface area contributed by atoms with E-state index in [2.05, 4.69) is 4.98 Å². The second kappa shape index (κ2) is 8.12. The normalized spacial score (nSPS) is 20.0. The lowest BCUT2D eigenvalue weighted by Gasteiger charge is -2.35. The van der Waals surface area contributed by atoms with Crippen molar-refractivity contribution < 1.29 is 21.9 Å². The minimum atomic E-state index is -3.64. The minimum Gasteiger partial charge on any atom is -0.300 e. The molecule has 194 valence electrons. The van der Waals surface area contributed by atoms with Gasteiger partial charge in [0.15, 0.2) is 5.82 Å². The third kappa shape index (κ3) is 3.08. The molecule has 0 aliphatic carbocycles. The average Bonchev–Trinajstić information content (AvgIpc) is 3.71. The molecule has 4 heterocycles. The van der Waals surface area contributed by atoms with Gasteiger partial charge in [-0.05, 0) is 41.4 Å². The van der Waals surface area contributed by atoms with E-state index in [4.69, 9.17) is 21.4 Å². The Hall–Kier alpha value is -4.80. The van der Waals surface area contributed by atoms with Crippen LogP contribution in [-0.2, 0) is 5.41 Å². The largest absolute Gasteiger partial charge is 0.300 e. The van der Waals surface area contributed by atoms with Crippen LogP contribution in [0.5, 0.6) is 0 Å². The molecule has 0 unspecified atom stereocenters. The summed E-state index contributed by atoms with van der Waals surface area (Å²) in [6, 6.07) is 9.17. The van der Waals surface area contributed by atoms with Gasteiger partial charge in [0.1, 0.15) is 4.83 Å². The monoisotopic (exact) mass is 559 g/mol. The van der Waals surface area contributed by atoms with Gasteiger partial charge in [-0.1, -0.05) is 98.5 Å². The van der Waals surface area contributed by atoms with Crippen molar-refractivity contribution in [2.24, 2.45) is 0 Å².